The second-order valence-electron chi connectivity index (χ2n) is 5.93. The molecule has 116 valence electrons. The first-order valence-corrected chi connectivity index (χ1v) is 7.59. The van der Waals surface area contributed by atoms with Gasteiger partial charge >= 0.3 is 0 Å². The maximum Gasteiger partial charge on any atom is 0.165 e. The molecule has 2 aromatic carbocycles. The second-order valence-corrected chi connectivity index (χ2v) is 5.93. The van der Waals surface area contributed by atoms with Gasteiger partial charge in [-0.25, -0.2) is 0 Å². The zero-order valence-corrected chi connectivity index (χ0v) is 13.8. The highest BCUT2D eigenvalue weighted by Crippen LogP contribution is 2.41. The molecule has 2 heteroatoms. The molecule has 0 amide bonds. The lowest BCUT2D eigenvalue weighted by Gasteiger charge is -2.17. The molecule has 0 unspecified atom stereocenters. The van der Waals surface area contributed by atoms with Crippen LogP contribution in [0.25, 0.3) is 11.1 Å². The molecular weight excluding hydrogens is 272 g/mol. The molecule has 0 aliphatic carbocycles. The summed E-state index contributed by atoms with van der Waals surface area (Å²) in [7, 11) is 1.58. The topological polar surface area (TPSA) is 29.5 Å². The lowest BCUT2D eigenvalue weighted by atomic mass is 9.89. The predicted molar refractivity (Wildman–Crippen MR) is 92.8 cm³/mol. The third-order valence-electron chi connectivity index (χ3n) is 3.86. The van der Waals surface area contributed by atoms with E-state index in [9.17, 15) is 5.11 Å². The van der Waals surface area contributed by atoms with Crippen molar-refractivity contribution in [3.8, 4) is 22.6 Å². The second kappa shape index (κ2) is 6.69. The van der Waals surface area contributed by atoms with E-state index < -0.39 is 0 Å². The summed E-state index contributed by atoms with van der Waals surface area (Å²) in [6.07, 6.45) is 2.60. The van der Waals surface area contributed by atoms with Crippen LogP contribution in [0.5, 0.6) is 11.5 Å². The average molecular weight is 296 g/mol. The van der Waals surface area contributed by atoms with Crippen molar-refractivity contribution in [1.82, 2.24) is 0 Å². The quantitative estimate of drug-likeness (QED) is 0.766. The van der Waals surface area contributed by atoms with Gasteiger partial charge in [0.25, 0.3) is 0 Å². The Morgan fingerprint density at radius 3 is 2.50 bits per heavy atom. The minimum atomic E-state index is 0.197. The van der Waals surface area contributed by atoms with Crippen molar-refractivity contribution in [2.24, 2.45) is 0 Å². The Bertz CT molecular complexity index is 684. The van der Waals surface area contributed by atoms with E-state index in [0.29, 0.717) is 11.7 Å². The molecule has 0 aliphatic heterocycles. The molecular formula is C20H24O2. The van der Waals surface area contributed by atoms with Crippen LogP contribution in [0.15, 0.2) is 43.0 Å². The Hall–Kier alpha value is -2.22. The Morgan fingerprint density at radius 1 is 1.18 bits per heavy atom. The number of benzene rings is 2. The van der Waals surface area contributed by atoms with Crippen molar-refractivity contribution in [2.75, 3.05) is 7.11 Å². The molecule has 0 saturated carbocycles. The summed E-state index contributed by atoms with van der Waals surface area (Å²) in [6, 6.07) is 10.3. The van der Waals surface area contributed by atoms with Gasteiger partial charge in [0.05, 0.1) is 7.11 Å². The van der Waals surface area contributed by atoms with Gasteiger partial charge in [-0.1, -0.05) is 43.7 Å². The van der Waals surface area contributed by atoms with Crippen LogP contribution < -0.4 is 4.74 Å². The number of allylic oxidation sites excluding steroid dienone is 1. The van der Waals surface area contributed by atoms with Crippen molar-refractivity contribution >= 4 is 0 Å². The summed E-state index contributed by atoms with van der Waals surface area (Å²) in [5.74, 6) is 1.08. The van der Waals surface area contributed by atoms with Gasteiger partial charge in [-0.2, -0.15) is 0 Å². The highest BCUT2D eigenvalue weighted by molar-refractivity contribution is 5.77. The van der Waals surface area contributed by atoms with Crippen molar-refractivity contribution in [1.29, 1.82) is 0 Å². The Morgan fingerprint density at radius 2 is 1.91 bits per heavy atom. The number of phenols is 1. The molecule has 2 rings (SSSR count). The van der Waals surface area contributed by atoms with E-state index in [0.717, 1.165) is 23.1 Å². The van der Waals surface area contributed by atoms with Crippen molar-refractivity contribution in [2.45, 2.75) is 33.1 Å². The largest absolute Gasteiger partial charge is 0.504 e. The van der Waals surface area contributed by atoms with Crippen LogP contribution in [0, 0.1) is 6.92 Å². The fourth-order valence-corrected chi connectivity index (χ4v) is 2.72. The molecule has 0 aromatic heterocycles. The van der Waals surface area contributed by atoms with E-state index >= 15 is 0 Å². The molecule has 2 aromatic rings. The van der Waals surface area contributed by atoms with E-state index in [-0.39, 0.29) is 5.75 Å². The predicted octanol–water partition coefficient (Wildman–Crippen LogP) is 5.23. The third kappa shape index (κ3) is 3.16. The van der Waals surface area contributed by atoms with E-state index in [4.69, 9.17) is 4.74 Å². The zero-order chi connectivity index (χ0) is 16.3. The van der Waals surface area contributed by atoms with Gasteiger partial charge in [0.15, 0.2) is 11.5 Å². The first kappa shape index (κ1) is 16.2. The van der Waals surface area contributed by atoms with Crippen LogP contribution >= 0.6 is 0 Å². The number of hydrogen-bond acceptors (Lipinski definition) is 2. The summed E-state index contributed by atoms with van der Waals surface area (Å²) in [5.41, 5.74) is 5.36. The SMILES string of the molecule is C=CCc1cc(OC)c(O)c(-c2cc(C)ccc2C(C)C)c1. The van der Waals surface area contributed by atoms with Crippen LogP contribution in [0.4, 0.5) is 0 Å². The van der Waals surface area contributed by atoms with Gasteiger partial charge in [0.2, 0.25) is 0 Å². The van der Waals surface area contributed by atoms with Gasteiger partial charge in [0, 0.05) is 5.56 Å². The van der Waals surface area contributed by atoms with Gasteiger partial charge < -0.3 is 9.84 Å². The summed E-state index contributed by atoms with van der Waals surface area (Å²) in [6.45, 7) is 10.2. The standard InChI is InChI=1S/C20H24O2/c1-6-7-15-11-18(20(21)19(12-15)22-5)17-10-14(4)8-9-16(17)13(2)3/h6,8-13,21H,1,7H2,2-5H3. The van der Waals surface area contributed by atoms with Crippen molar-refractivity contribution in [3.63, 3.8) is 0 Å². The smallest absolute Gasteiger partial charge is 0.165 e. The molecule has 0 fully saturated rings. The van der Waals surface area contributed by atoms with Crippen LogP contribution in [0.2, 0.25) is 0 Å². The van der Waals surface area contributed by atoms with E-state index in [1.807, 2.05) is 18.2 Å². The molecule has 0 aliphatic rings. The van der Waals surface area contributed by atoms with E-state index in [1.54, 1.807) is 7.11 Å². The highest BCUT2D eigenvalue weighted by Gasteiger charge is 2.16. The fraction of sp³-hybridized carbons (Fsp3) is 0.300. The fourth-order valence-electron chi connectivity index (χ4n) is 2.72. The normalized spacial score (nSPS) is 10.8. The summed E-state index contributed by atoms with van der Waals surface area (Å²) in [5, 5.41) is 10.6. The Kier molecular flexibility index (Phi) is 4.92. The lowest BCUT2D eigenvalue weighted by Crippen LogP contribution is -1.96. The van der Waals surface area contributed by atoms with Crippen LogP contribution in [-0.2, 0) is 6.42 Å². The number of methoxy groups -OCH3 is 1. The molecule has 1 N–H and O–H groups in total. The third-order valence-corrected chi connectivity index (χ3v) is 3.86. The highest BCUT2D eigenvalue weighted by atomic mass is 16.5. The van der Waals surface area contributed by atoms with Gasteiger partial charge in [-0.05, 0) is 48.1 Å². The minimum Gasteiger partial charge on any atom is -0.504 e. The summed E-state index contributed by atoms with van der Waals surface area (Å²) < 4.78 is 5.34. The number of ether oxygens (including phenoxy) is 1. The lowest BCUT2D eigenvalue weighted by molar-refractivity contribution is 0.374. The van der Waals surface area contributed by atoms with Crippen molar-refractivity contribution in [3.05, 3.63) is 59.7 Å². The summed E-state index contributed by atoms with van der Waals surface area (Å²) in [4.78, 5) is 0. The number of phenolic OH excluding ortho intramolecular Hbond substituents is 1. The van der Waals surface area contributed by atoms with Gasteiger partial charge in [0.1, 0.15) is 0 Å². The average Bonchev–Trinajstić information content (AvgIpc) is 2.48. The monoisotopic (exact) mass is 296 g/mol. The molecule has 0 heterocycles. The van der Waals surface area contributed by atoms with Crippen molar-refractivity contribution < 1.29 is 9.84 Å². The first-order chi connectivity index (χ1) is 10.5. The van der Waals surface area contributed by atoms with E-state index in [2.05, 4.69) is 45.5 Å². The number of aromatic hydroxyl groups is 1. The maximum atomic E-state index is 10.6. The summed E-state index contributed by atoms with van der Waals surface area (Å²) >= 11 is 0. The molecule has 2 nitrogen and oxygen atoms in total. The Balaban J connectivity index is 2.73. The van der Waals surface area contributed by atoms with E-state index in [1.165, 1.54) is 11.1 Å². The number of hydrogen-bond donors (Lipinski definition) is 1. The van der Waals surface area contributed by atoms with Gasteiger partial charge in [-0.3, -0.25) is 0 Å². The molecule has 0 atom stereocenters. The molecule has 0 spiro atoms. The zero-order valence-electron chi connectivity index (χ0n) is 13.8. The van der Waals surface area contributed by atoms with Crippen LogP contribution in [0.3, 0.4) is 0 Å². The molecule has 22 heavy (non-hydrogen) atoms. The number of aryl methyl sites for hydroxylation is 1. The molecule has 0 radical (unpaired) electrons. The minimum absolute atomic E-state index is 0.197. The van der Waals surface area contributed by atoms with Gasteiger partial charge in [-0.15, -0.1) is 6.58 Å². The van der Waals surface area contributed by atoms with Crippen LogP contribution in [0.1, 0.15) is 36.5 Å². The molecule has 0 saturated heterocycles. The maximum absolute atomic E-state index is 10.6. The Labute approximate surface area is 133 Å². The number of rotatable bonds is 5. The first-order valence-electron chi connectivity index (χ1n) is 7.59. The molecule has 0 bridgehead atoms. The van der Waals surface area contributed by atoms with Crippen LogP contribution in [-0.4, -0.2) is 12.2 Å².